The van der Waals surface area contributed by atoms with Crippen LogP contribution in [0, 0.1) is 5.92 Å². The van der Waals surface area contributed by atoms with Crippen LogP contribution in [0.25, 0.3) is 0 Å². The molecule has 1 atom stereocenters. The number of hydrogen-bond acceptors (Lipinski definition) is 6. The number of hydrogen-bond donors (Lipinski definition) is 3. The number of nitrogens with zero attached hydrogens (tertiary/aromatic N) is 2. The summed E-state index contributed by atoms with van der Waals surface area (Å²) in [6.07, 6.45) is 2.27. The number of carbonyl (C=O) groups is 3. The smallest absolute Gasteiger partial charge is 0.326 e. The minimum atomic E-state index is -1.11. The number of rotatable bonds is 5. The number of aromatic nitrogens is 1. The number of amides is 2. The van der Waals surface area contributed by atoms with E-state index in [2.05, 4.69) is 15.6 Å². The minimum Gasteiger partial charge on any atom is -0.491 e. The van der Waals surface area contributed by atoms with E-state index in [0.717, 1.165) is 18.5 Å². The van der Waals surface area contributed by atoms with Crippen LogP contribution in [0.1, 0.15) is 43.6 Å². The molecule has 2 bridgehead atoms. The Morgan fingerprint density at radius 3 is 2.70 bits per heavy atom. The molecule has 1 aromatic heterocycles. The first-order valence-corrected chi connectivity index (χ1v) is 11.1. The Balaban J connectivity index is 1.82. The first-order valence-electron chi connectivity index (χ1n) is 11.1. The molecule has 2 aromatic rings. The van der Waals surface area contributed by atoms with Gasteiger partial charge in [-0.05, 0) is 49.4 Å². The van der Waals surface area contributed by atoms with Crippen molar-refractivity contribution in [1.82, 2.24) is 15.2 Å². The van der Waals surface area contributed by atoms with Gasteiger partial charge in [-0.1, -0.05) is 32.0 Å². The van der Waals surface area contributed by atoms with Gasteiger partial charge in [-0.2, -0.15) is 0 Å². The quantitative estimate of drug-likeness (QED) is 0.635. The van der Waals surface area contributed by atoms with Gasteiger partial charge in [0.15, 0.2) is 0 Å². The average Bonchev–Trinajstić information content (AvgIpc) is 2.78. The standard InChI is InChI=1S/C24H30N4O5/c1-16(2)22(24(31)32)27-21(29)15-28-13-6-3-7-14-33-19-11-5-4-9-17(19)25-20-12-8-10-18(26-20)23(28)30/h4-5,8-12,16,22H,3,6-7,13-15H2,1-2H3,(H,25,26)(H,27,29)(H,31,32). The minimum absolute atomic E-state index is 0.196. The van der Waals surface area contributed by atoms with Crippen LogP contribution in [-0.2, 0) is 9.59 Å². The van der Waals surface area contributed by atoms with Gasteiger partial charge in [-0.3, -0.25) is 9.59 Å². The van der Waals surface area contributed by atoms with Crippen molar-refractivity contribution in [3.05, 3.63) is 48.2 Å². The highest BCUT2D eigenvalue weighted by atomic mass is 16.5. The predicted molar refractivity (Wildman–Crippen MR) is 124 cm³/mol. The zero-order valence-electron chi connectivity index (χ0n) is 18.9. The summed E-state index contributed by atoms with van der Waals surface area (Å²) in [5, 5.41) is 15.1. The molecule has 2 heterocycles. The lowest BCUT2D eigenvalue weighted by molar-refractivity contribution is -0.143. The Kier molecular flexibility index (Phi) is 8.23. The second kappa shape index (κ2) is 11.3. The number of aliphatic carboxylic acids is 1. The molecule has 0 spiro atoms. The number of carboxylic acid groups (broad SMARTS) is 1. The second-order valence-electron chi connectivity index (χ2n) is 8.29. The van der Waals surface area contributed by atoms with E-state index in [1.54, 1.807) is 32.0 Å². The van der Waals surface area contributed by atoms with Crippen LogP contribution in [-0.4, -0.2) is 58.5 Å². The van der Waals surface area contributed by atoms with Crippen molar-refractivity contribution in [2.45, 2.75) is 39.2 Å². The molecule has 3 rings (SSSR count). The highest BCUT2D eigenvalue weighted by Crippen LogP contribution is 2.27. The topological polar surface area (TPSA) is 121 Å². The summed E-state index contributed by atoms with van der Waals surface area (Å²) < 4.78 is 5.91. The number of ether oxygens (including phenoxy) is 1. The lowest BCUT2D eigenvalue weighted by atomic mass is 10.0. The van der Waals surface area contributed by atoms with Crippen molar-refractivity contribution in [3.8, 4) is 5.75 Å². The molecule has 1 aliphatic heterocycles. The number of benzene rings is 1. The van der Waals surface area contributed by atoms with Crippen LogP contribution < -0.4 is 15.4 Å². The van der Waals surface area contributed by atoms with Crippen molar-refractivity contribution in [3.63, 3.8) is 0 Å². The van der Waals surface area contributed by atoms with E-state index < -0.39 is 17.9 Å². The fourth-order valence-electron chi connectivity index (χ4n) is 3.54. The highest BCUT2D eigenvalue weighted by molar-refractivity contribution is 5.96. The monoisotopic (exact) mass is 454 g/mol. The first kappa shape index (κ1) is 24.0. The van der Waals surface area contributed by atoms with Gasteiger partial charge >= 0.3 is 5.97 Å². The Morgan fingerprint density at radius 1 is 1.15 bits per heavy atom. The molecule has 1 aromatic carbocycles. The molecule has 2 amide bonds. The van der Waals surface area contributed by atoms with Crippen LogP contribution in [0.5, 0.6) is 5.75 Å². The maximum atomic E-state index is 13.2. The van der Waals surface area contributed by atoms with Crippen molar-refractivity contribution in [2.24, 2.45) is 5.92 Å². The lowest BCUT2D eigenvalue weighted by Crippen LogP contribution is -2.49. The number of pyridine rings is 1. The van der Waals surface area contributed by atoms with E-state index in [1.165, 1.54) is 4.90 Å². The largest absolute Gasteiger partial charge is 0.491 e. The SMILES string of the molecule is CC(C)C(NC(=O)CN1CCCCCOc2ccccc2Nc2cccc(n2)C1=O)C(=O)O. The van der Waals surface area contributed by atoms with Gasteiger partial charge in [0.1, 0.15) is 23.3 Å². The Bertz CT molecular complexity index is 994. The van der Waals surface area contributed by atoms with Gasteiger partial charge in [-0.25, -0.2) is 9.78 Å². The third-order valence-electron chi connectivity index (χ3n) is 5.32. The van der Waals surface area contributed by atoms with Crippen LogP contribution >= 0.6 is 0 Å². The van der Waals surface area contributed by atoms with Gasteiger partial charge in [0, 0.05) is 6.54 Å². The Morgan fingerprint density at radius 2 is 1.94 bits per heavy atom. The molecule has 0 fully saturated rings. The van der Waals surface area contributed by atoms with Gasteiger partial charge in [0.2, 0.25) is 5.91 Å². The summed E-state index contributed by atoms with van der Waals surface area (Å²) in [6.45, 7) is 4.06. The molecule has 1 unspecified atom stereocenters. The van der Waals surface area contributed by atoms with Crippen LogP contribution in [0.4, 0.5) is 11.5 Å². The van der Waals surface area contributed by atoms with E-state index in [0.29, 0.717) is 31.1 Å². The Hall–Kier alpha value is -3.62. The Labute approximate surface area is 193 Å². The molecule has 0 saturated heterocycles. The molecule has 0 aliphatic carbocycles. The van der Waals surface area contributed by atoms with E-state index in [1.807, 2.05) is 24.3 Å². The maximum absolute atomic E-state index is 13.2. The van der Waals surface area contributed by atoms with Gasteiger partial charge < -0.3 is 25.4 Å². The number of para-hydroxylation sites is 2. The summed E-state index contributed by atoms with van der Waals surface area (Å²) in [5.41, 5.74) is 0.943. The lowest BCUT2D eigenvalue weighted by Gasteiger charge is -2.24. The van der Waals surface area contributed by atoms with Crippen molar-refractivity contribution < 1.29 is 24.2 Å². The van der Waals surface area contributed by atoms with Crippen LogP contribution in [0.2, 0.25) is 0 Å². The fourth-order valence-corrected chi connectivity index (χ4v) is 3.54. The molecule has 0 radical (unpaired) electrons. The molecule has 3 N–H and O–H groups in total. The van der Waals surface area contributed by atoms with E-state index in [9.17, 15) is 19.5 Å². The van der Waals surface area contributed by atoms with Crippen LogP contribution in [0.15, 0.2) is 42.5 Å². The summed E-state index contributed by atoms with van der Waals surface area (Å²) >= 11 is 0. The molecular formula is C24H30N4O5. The third kappa shape index (κ3) is 6.68. The fraction of sp³-hybridized carbons (Fsp3) is 0.417. The van der Waals surface area contributed by atoms with E-state index in [-0.39, 0.29) is 24.1 Å². The third-order valence-corrected chi connectivity index (χ3v) is 5.32. The second-order valence-corrected chi connectivity index (χ2v) is 8.29. The first-order chi connectivity index (χ1) is 15.8. The molecule has 0 saturated carbocycles. The molecule has 9 heteroatoms. The molecule has 1 aliphatic rings. The normalized spacial score (nSPS) is 15.5. The number of fused-ring (bicyclic) bond motifs is 3. The predicted octanol–water partition coefficient (Wildman–Crippen LogP) is 3.06. The average molecular weight is 455 g/mol. The number of anilines is 2. The number of carbonyl (C=O) groups excluding carboxylic acids is 2. The maximum Gasteiger partial charge on any atom is 0.326 e. The highest BCUT2D eigenvalue weighted by Gasteiger charge is 2.26. The molecule has 9 nitrogen and oxygen atoms in total. The molecule has 176 valence electrons. The molecule has 33 heavy (non-hydrogen) atoms. The zero-order valence-corrected chi connectivity index (χ0v) is 18.9. The molecular weight excluding hydrogens is 424 g/mol. The summed E-state index contributed by atoms with van der Waals surface area (Å²) in [6, 6.07) is 11.6. The summed E-state index contributed by atoms with van der Waals surface area (Å²) in [5.74, 6) is -1.10. The zero-order chi connectivity index (χ0) is 23.8. The van der Waals surface area contributed by atoms with Crippen molar-refractivity contribution >= 4 is 29.3 Å². The summed E-state index contributed by atoms with van der Waals surface area (Å²) in [7, 11) is 0. The van der Waals surface area contributed by atoms with Crippen LogP contribution in [0.3, 0.4) is 0 Å². The van der Waals surface area contributed by atoms with Gasteiger partial charge in [0.05, 0.1) is 18.8 Å². The number of carboxylic acids is 1. The van der Waals surface area contributed by atoms with Crippen molar-refractivity contribution in [2.75, 3.05) is 25.0 Å². The van der Waals surface area contributed by atoms with Crippen molar-refractivity contribution in [1.29, 1.82) is 0 Å². The number of nitrogens with one attached hydrogen (secondary N) is 2. The van der Waals surface area contributed by atoms with Gasteiger partial charge in [-0.15, -0.1) is 0 Å². The van der Waals surface area contributed by atoms with Gasteiger partial charge in [0.25, 0.3) is 5.91 Å². The van der Waals surface area contributed by atoms with E-state index in [4.69, 9.17) is 4.74 Å². The van der Waals surface area contributed by atoms with E-state index >= 15 is 0 Å². The summed E-state index contributed by atoms with van der Waals surface area (Å²) in [4.78, 5) is 43.1.